The van der Waals surface area contributed by atoms with E-state index < -0.39 is 0 Å². The number of methoxy groups -OCH3 is 3. The molecule has 0 radical (unpaired) electrons. The van der Waals surface area contributed by atoms with Crippen LogP contribution in [0.2, 0.25) is 0 Å². The molecule has 0 aromatic heterocycles. The normalized spacial score (nSPS) is 17.9. The van der Waals surface area contributed by atoms with Crippen LogP contribution >= 0.6 is 0 Å². The summed E-state index contributed by atoms with van der Waals surface area (Å²) in [5, 5.41) is 5.52. The number of hydrogen-bond donors (Lipinski definition) is 2. The number of carbonyl (C=O) groups is 1. The number of ether oxygens (including phenoxy) is 3. The van der Waals surface area contributed by atoms with Crippen LogP contribution in [-0.4, -0.2) is 33.9 Å². The summed E-state index contributed by atoms with van der Waals surface area (Å²) in [7, 11) is 4.68. The molecular weight excluding hydrogens is 236 g/mol. The molecule has 1 aromatic rings. The molecule has 1 aromatic carbocycles. The van der Waals surface area contributed by atoms with Crippen LogP contribution in [-0.2, 0) is 0 Å². The van der Waals surface area contributed by atoms with Crippen molar-refractivity contribution in [3.8, 4) is 17.2 Å². The van der Waals surface area contributed by atoms with Gasteiger partial charge in [-0.3, -0.25) is 0 Å². The van der Waals surface area contributed by atoms with Gasteiger partial charge in [0, 0.05) is 12.1 Å². The van der Waals surface area contributed by atoms with Crippen LogP contribution in [0.15, 0.2) is 12.1 Å². The lowest BCUT2D eigenvalue weighted by molar-refractivity contribution is 0.247. The van der Waals surface area contributed by atoms with E-state index in [9.17, 15) is 4.79 Å². The van der Waals surface area contributed by atoms with E-state index in [0.717, 1.165) is 5.56 Å². The second kappa shape index (κ2) is 5.03. The van der Waals surface area contributed by atoms with Crippen LogP contribution in [0.3, 0.4) is 0 Å². The smallest absolute Gasteiger partial charge is 0.315 e. The van der Waals surface area contributed by atoms with Gasteiger partial charge in [0.1, 0.15) is 0 Å². The first-order chi connectivity index (χ1) is 8.71. The van der Waals surface area contributed by atoms with Crippen molar-refractivity contribution >= 4 is 6.03 Å². The Morgan fingerprint density at radius 3 is 2.33 bits per heavy atom. The van der Waals surface area contributed by atoms with E-state index in [4.69, 9.17) is 14.2 Å². The van der Waals surface area contributed by atoms with Crippen LogP contribution in [0.4, 0.5) is 4.79 Å². The van der Waals surface area contributed by atoms with Crippen LogP contribution in [0.5, 0.6) is 17.2 Å². The van der Waals surface area contributed by atoms with Crippen molar-refractivity contribution in [2.45, 2.75) is 6.04 Å². The molecule has 6 heteroatoms. The van der Waals surface area contributed by atoms with Crippen molar-refractivity contribution in [2.75, 3.05) is 27.9 Å². The Balaban J connectivity index is 2.44. The average molecular weight is 252 g/mol. The monoisotopic (exact) mass is 252 g/mol. The quantitative estimate of drug-likeness (QED) is 0.841. The summed E-state index contributed by atoms with van der Waals surface area (Å²) in [5.74, 6) is 1.69. The van der Waals surface area contributed by atoms with Crippen molar-refractivity contribution in [1.82, 2.24) is 10.6 Å². The third kappa shape index (κ3) is 2.01. The number of hydrogen-bond acceptors (Lipinski definition) is 4. The molecule has 1 fully saturated rings. The zero-order chi connectivity index (χ0) is 13.1. The predicted molar refractivity (Wildman–Crippen MR) is 65.4 cm³/mol. The second-order valence-corrected chi connectivity index (χ2v) is 3.83. The van der Waals surface area contributed by atoms with E-state index >= 15 is 0 Å². The summed E-state index contributed by atoms with van der Waals surface area (Å²) in [4.78, 5) is 11.2. The molecule has 0 saturated carbocycles. The van der Waals surface area contributed by atoms with Gasteiger partial charge in [-0.25, -0.2) is 4.79 Å². The molecule has 0 unspecified atom stereocenters. The minimum absolute atomic E-state index is 0.132. The fourth-order valence-corrected chi connectivity index (χ4v) is 2.04. The molecule has 0 spiro atoms. The molecule has 6 nitrogen and oxygen atoms in total. The number of benzene rings is 1. The van der Waals surface area contributed by atoms with E-state index in [1.54, 1.807) is 27.4 Å². The zero-order valence-electron chi connectivity index (χ0n) is 10.6. The Morgan fingerprint density at radius 2 is 1.83 bits per heavy atom. The first kappa shape index (κ1) is 12.3. The van der Waals surface area contributed by atoms with Gasteiger partial charge in [-0.05, 0) is 12.1 Å². The molecule has 1 aliphatic heterocycles. The van der Waals surface area contributed by atoms with Gasteiger partial charge in [0.15, 0.2) is 11.5 Å². The lowest BCUT2D eigenvalue weighted by Gasteiger charge is -2.18. The summed E-state index contributed by atoms with van der Waals surface area (Å²) in [6, 6.07) is 3.34. The van der Waals surface area contributed by atoms with Crippen LogP contribution in [0, 0.1) is 0 Å². The third-order valence-corrected chi connectivity index (χ3v) is 2.88. The maximum absolute atomic E-state index is 11.2. The molecule has 18 heavy (non-hydrogen) atoms. The molecule has 1 aliphatic rings. The third-order valence-electron chi connectivity index (χ3n) is 2.88. The first-order valence-electron chi connectivity index (χ1n) is 5.54. The largest absolute Gasteiger partial charge is 0.493 e. The van der Waals surface area contributed by atoms with Crippen molar-refractivity contribution in [3.63, 3.8) is 0 Å². The molecule has 2 N–H and O–H groups in total. The van der Waals surface area contributed by atoms with E-state index in [2.05, 4.69) is 10.6 Å². The van der Waals surface area contributed by atoms with E-state index in [1.165, 1.54) is 0 Å². The molecule has 0 aliphatic carbocycles. The summed E-state index contributed by atoms with van der Waals surface area (Å²) in [6.45, 7) is 0.519. The van der Waals surface area contributed by atoms with Gasteiger partial charge >= 0.3 is 6.03 Å². The highest BCUT2D eigenvalue weighted by Crippen LogP contribution is 2.42. The number of rotatable bonds is 4. The van der Waals surface area contributed by atoms with E-state index in [-0.39, 0.29) is 12.1 Å². The Morgan fingerprint density at radius 1 is 1.11 bits per heavy atom. The highest BCUT2D eigenvalue weighted by molar-refractivity contribution is 5.77. The van der Waals surface area contributed by atoms with Crippen LogP contribution in [0.25, 0.3) is 0 Å². The Kier molecular flexibility index (Phi) is 3.45. The summed E-state index contributed by atoms with van der Waals surface area (Å²) >= 11 is 0. The fourth-order valence-electron chi connectivity index (χ4n) is 2.04. The van der Waals surface area contributed by atoms with Gasteiger partial charge in [-0.2, -0.15) is 0 Å². The number of nitrogens with one attached hydrogen (secondary N) is 2. The van der Waals surface area contributed by atoms with Gasteiger partial charge in [0.25, 0.3) is 0 Å². The zero-order valence-corrected chi connectivity index (χ0v) is 10.6. The highest BCUT2D eigenvalue weighted by Gasteiger charge is 2.27. The number of amides is 2. The van der Waals surface area contributed by atoms with Gasteiger partial charge in [0.2, 0.25) is 5.75 Å². The average Bonchev–Trinajstić information content (AvgIpc) is 2.83. The van der Waals surface area contributed by atoms with Gasteiger partial charge in [-0.1, -0.05) is 0 Å². The van der Waals surface area contributed by atoms with Crippen molar-refractivity contribution < 1.29 is 19.0 Å². The Labute approximate surface area is 105 Å². The molecule has 0 bridgehead atoms. The van der Waals surface area contributed by atoms with E-state index in [0.29, 0.717) is 23.8 Å². The Bertz CT molecular complexity index is 462. The van der Waals surface area contributed by atoms with Gasteiger partial charge in [-0.15, -0.1) is 0 Å². The molecule has 1 atom stereocenters. The summed E-state index contributed by atoms with van der Waals surface area (Å²) < 4.78 is 15.9. The lowest BCUT2D eigenvalue weighted by Crippen LogP contribution is -2.22. The molecule has 1 saturated heterocycles. The summed E-state index contributed by atoms with van der Waals surface area (Å²) in [5.41, 5.74) is 0.855. The SMILES string of the molecule is COc1ccc([C@@H]2CNC(=O)N2)c(OC)c1OC. The van der Waals surface area contributed by atoms with Crippen molar-refractivity contribution in [1.29, 1.82) is 0 Å². The fraction of sp³-hybridized carbons (Fsp3) is 0.417. The summed E-state index contributed by atoms with van der Waals surface area (Å²) in [6.07, 6.45) is 0. The minimum Gasteiger partial charge on any atom is -0.493 e. The molecule has 2 amide bonds. The van der Waals surface area contributed by atoms with Crippen LogP contribution < -0.4 is 24.8 Å². The van der Waals surface area contributed by atoms with Crippen LogP contribution in [0.1, 0.15) is 11.6 Å². The molecule has 2 rings (SSSR count). The maximum atomic E-state index is 11.2. The minimum atomic E-state index is -0.183. The molecular formula is C12H16N2O4. The standard InChI is InChI=1S/C12H16N2O4/c1-16-9-5-4-7(8-6-13-12(15)14-8)10(17-2)11(9)18-3/h4-5,8H,6H2,1-3H3,(H2,13,14,15)/t8-/m0/s1. The van der Waals surface area contributed by atoms with E-state index in [1.807, 2.05) is 6.07 Å². The van der Waals surface area contributed by atoms with Crippen molar-refractivity contribution in [2.24, 2.45) is 0 Å². The number of carbonyl (C=O) groups excluding carboxylic acids is 1. The molecule has 1 heterocycles. The highest BCUT2D eigenvalue weighted by atomic mass is 16.5. The van der Waals surface area contributed by atoms with Crippen molar-refractivity contribution in [3.05, 3.63) is 17.7 Å². The maximum Gasteiger partial charge on any atom is 0.315 e. The van der Waals surface area contributed by atoms with Gasteiger partial charge < -0.3 is 24.8 Å². The lowest BCUT2D eigenvalue weighted by atomic mass is 10.1. The molecule has 98 valence electrons. The predicted octanol–water partition coefficient (Wildman–Crippen LogP) is 1.07. The topological polar surface area (TPSA) is 68.8 Å². The Hall–Kier alpha value is -2.11. The first-order valence-corrected chi connectivity index (χ1v) is 5.54. The second-order valence-electron chi connectivity index (χ2n) is 3.83. The number of urea groups is 1. The van der Waals surface area contributed by atoms with Gasteiger partial charge in [0.05, 0.1) is 27.4 Å².